The van der Waals surface area contributed by atoms with Gasteiger partial charge in [0.15, 0.2) is 0 Å². The highest BCUT2D eigenvalue weighted by molar-refractivity contribution is 5.40. The van der Waals surface area contributed by atoms with E-state index in [1.165, 1.54) is 0 Å². The molecule has 1 aliphatic heterocycles. The van der Waals surface area contributed by atoms with Crippen LogP contribution in [0.25, 0.3) is 0 Å². The second-order valence-corrected chi connectivity index (χ2v) is 4.86. The zero-order valence-corrected chi connectivity index (χ0v) is 10.1. The van der Waals surface area contributed by atoms with Crippen molar-refractivity contribution in [3.8, 4) is 0 Å². The zero-order chi connectivity index (χ0) is 13.2. The Hall–Kier alpha value is -1.23. The van der Waals surface area contributed by atoms with Crippen LogP contribution in [0.4, 0.5) is 18.9 Å². The summed E-state index contributed by atoms with van der Waals surface area (Å²) in [6.45, 7) is 1.36. The molecule has 0 bridgehead atoms. The van der Waals surface area contributed by atoms with Crippen LogP contribution in [-0.2, 0) is 6.54 Å². The van der Waals surface area contributed by atoms with E-state index >= 15 is 0 Å². The van der Waals surface area contributed by atoms with Crippen molar-refractivity contribution in [1.82, 2.24) is 4.90 Å². The van der Waals surface area contributed by atoms with Crippen LogP contribution in [-0.4, -0.2) is 24.2 Å². The lowest BCUT2D eigenvalue weighted by Gasteiger charge is -2.33. The van der Waals surface area contributed by atoms with Crippen molar-refractivity contribution in [3.05, 3.63) is 29.8 Å². The molecule has 1 atom stereocenters. The summed E-state index contributed by atoms with van der Waals surface area (Å²) in [5.41, 5.74) is 7.28. The van der Waals surface area contributed by atoms with Gasteiger partial charge in [0.2, 0.25) is 0 Å². The summed E-state index contributed by atoms with van der Waals surface area (Å²) >= 11 is 0. The zero-order valence-electron chi connectivity index (χ0n) is 10.1. The Bertz CT molecular complexity index is 403. The van der Waals surface area contributed by atoms with Gasteiger partial charge in [-0.2, -0.15) is 13.2 Å². The highest BCUT2D eigenvalue weighted by Crippen LogP contribution is 2.33. The van der Waals surface area contributed by atoms with E-state index in [2.05, 4.69) is 0 Å². The molecular formula is C13H17F3N2. The van der Waals surface area contributed by atoms with Crippen molar-refractivity contribution in [2.45, 2.75) is 25.6 Å². The molecule has 5 heteroatoms. The van der Waals surface area contributed by atoms with Crippen molar-refractivity contribution in [3.63, 3.8) is 0 Å². The summed E-state index contributed by atoms with van der Waals surface area (Å²) in [6.07, 6.45) is -3.22. The lowest BCUT2D eigenvalue weighted by molar-refractivity contribution is -0.187. The first kappa shape index (κ1) is 13.2. The van der Waals surface area contributed by atoms with Gasteiger partial charge in [0.25, 0.3) is 0 Å². The molecule has 1 saturated heterocycles. The lowest BCUT2D eigenvalue weighted by Crippen LogP contribution is -2.41. The van der Waals surface area contributed by atoms with Gasteiger partial charge in [-0.15, -0.1) is 0 Å². The van der Waals surface area contributed by atoms with Gasteiger partial charge in [0, 0.05) is 18.8 Å². The average Bonchev–Trinajstić information content (AvgIpc) is 2.28. The van der Waals surface area contributed by atoms with Crippen LogP contribution < -0.4 is 5.73 Å². The van der Waals surface area contributed by atoms with E-state index < -0.39 is 12.1 Å². The normalized spacial score (nSPS) is 22.1. The van der Waals surface area contributed by atoms with E-state index in [1.807, 2.05) is 23.1 Å². The summed E-state index contributed by atoms with van der Waals surface area (Å²) < 4.78 is 38.0. The van der Waals surface area contributed by atoms with Crippen molar-refractivity contribution < 1.29 is 13.2 Å². The third-order valence-corrected chi connectivity index (χ3v) is 3.33. The van der Waals surface area contributed by atoms with E-state index in [0.29, 0.717) is 18.7 Å². The third-order valence-electron chi connectivity index (χ3n) is 3.33. The minimum atomic E-state index is -4.08. The summed E-state index contributed by atoms with van der Waals surface area (Å²) in [4.78, 5) is 1.86. The molecule has 0 amide bonds. The smallest absolute Gasteiger partial charge is 0.393 e. The van der Waals surface area contributed by atoms with E-state index in [9.17, 15) is 13.2 Å². The average molecular weight is 258 g/mol. The maximum absolute atomic E-state index is 12.7. The third kappa shape index (κ3) is 3.38. The number of halogens is 3. The first-order valence-corrected chi connectivity index (χ1v) is 6.08. The molecule has 18 heavy (non-hydrogen) atoms. The molecule has 1 fully saturated rings. The van der Waals surface area contributed by atoms with Gasteiger partial charge < -0.3 is 5.73 Å². The number of benzene rings is 1. The molecule has 1 aliphatic rings. The number of anilines is 1. The van der Waals surface area contributed by atoms with Crippen LogP contribution in [0.1, 0.15) is 18.4 Å². The van der Waals surface area contributed by atoms with Gasteiger partial charge in [0.05, 0.1) is 5.92 Å². The second kappa shape index (κ2) is 5.18. The van der Waals surface area contributed by atoms with Crippen molar-refractivity contribution in [2.75, 3.05) is 18.8 Å². The van der Waals surface area contributed by atoms with Gasteiger partial charge in [-0.3, -0.25) is 4.90 Å². The molecule has 0 radical (unpaired) electrons. The summed E-state index contributed by atoms with van der Waals surface area (Å²) in [6, 6.07) is 7.32. The molecule has 1 aromatic rings. The highest BCUT2D eigenvalue weighted by Gasteiger charge is 2.41. The van der Waals surface area contributed by atoms with Crippen LogP contribution in [0.5, 0.6) is 0 Å². The number of hydrogen-bond acceptors (Lipinski definition) is 2. The predicted molar refractivity (Wildman–Crippen MR) is 64.9 cm³/mol. The number of alkyl halides is 3. The van der Waals surface area contributed by atoms with E-state index in [0.717, 1.165) is 12.1 Å². The number of hydrogen-bond donors (Lipinski definition) is 1. The van der Waals surface area contributed by atoms with Crippen molar-refractivity contribution in [1.29, 1.82) is 0 Å². The fourth-order valence-electron chi connectivity index (χ4n) is 2.42. The van der Waals surface area contributed by atoms with Gasteiger partial charge >= 0.3 is 6.18 Å². The minimum absolute atomic E-state index is 0.0955. The quantitative estimate of drug-likeness (QED) is 0.826. The number of nitrogen functional groups attached to an aromatic ring is 1. The summed E-state index contributed by atoms with van der Waals surface area (Å²) in [5, 5.41) is 0. The first-order valence-electron chi connectivity index (χ1n) is 6.08. The molecule has 0 spiro atoms. The summed E-state index contributed by atoms with van der Waals surface area (Å²) in [7, 11) is 0. The lowest BCUT2D eigenvalue weighted by atomic mass is 9.97. The first-order chi connectivity index (χ1) is 8.45. The standard InChI is InChI=1S/C13H17F3N2/c14-13(15,16)11-4-2-6-18(9-11)8-10-3-1-5-12(17)7-10/h1,3,5,7,11H,2,4,6,8-9,17H2. The molecule has 100 valence electrons. The van der Waals surface area contributed by atoms with Crippen LogP contribution in [0.2, 0.25) is 0 Å². The second-order valence-electron chi connectivity index (χ2n) is 4.86. The van der Waals surface area contributed by atoms with Gasteiger partial charge in [-0.25, -0.2) is 0 Å². The molecular weight excluding hydrogens is 241 g/mol. The Morgan fingerprint density at radius 1 is 1.33 bits per heavy atom. The number of nitrogens with zero attached hydrogens (tertiary/aromatic N) is 1. The maximum atomic E-state index is 12.7. The number of piperidine rings is 1. The Balaban J connectivity index is 1.98. The van der Waals surface area contributed by atoms with Crippen LogP contribution in [0.15, 0.2) is 24.3 Å². The van der Waals surface area contributed by atoms with E-state index in [1.54, 1.807) is 6.07 Å². The molecule has 1 heterocycles. The van der Waals surface area contributed by atoms with E-state index in [4.69, 9.17) is 5.73 Å². The SMILES string of the molecule is Nc1cccc(CN2CCCC(C(F)(F)F)C2)c1. The molecule has 0 aromatic heterocycles. The Labute approximate surface area is 105 Å². The molecule has 2 rings (SSSR count). The van der Waals surface area contributed by atoms with Crippen LogP contribution >= 0.6 is 0 Å². The van der Waals surface area contributed by atoms with Crippen LogP contribution in [0, 0.1) is 5.92 Å². The minimum Gasteiger partial charge on any atom is -0.399 e. The number of rotatable bonds is 2. The van der Waals surface area contributed by atoms with Crippen molar-refractivity contribution >= 4 is 5.69 Å². The topological polar surface area (TPSA) is 29.3 Å². The Morgan fingerprint density at radius 2 is 2.11 bits per heavy atom. The maximum Gasteiger partial charge on any atom is 0.393 e. The van der Waals surface area contributed by atoms with Gasteiger partial charge in [0.1, 0.15) is 0 Å². The molecule has 2 N–H and O–H groups in total. The molecule has 1 unspecified atom stereocenters. The Morgan fingerprint density at radius 3 is 2.78 bits per heavy atom. The highest BCUT2D eigenvalue weighted by atomic mass is 19.4. The van der Waals surface area contributed by atoms with Crippen molar-refractivity contribution in [2.24, 2.45) is 5.92 Å². The van der Waals surface area contributed by atoms with Gasteiger partial charge in [-0.05, 0) is 37.1 Å². The molecule has 1 aromatic carbocycles. The van der Waals surface area contributed by atoms with E-state index in [-0.39, 0.29) is 13.0 Å². The molecule has 0 aliphatic carbocycles. The fraction of sp³-hybridized carbons (Fsp3) is 0.538. The predicted octanol–water partition coefficient (Wildman–Crippen LogP) is 3.04. The number of nitrogens with two attached hydrogens (primary N) is 1. The molecule has 0 saturated carbocycles. The fourth-order valence-corrected chi connectivity index (χ4v) is 2.42. The Kier molecular flexibility index (Phi) is 3.80. The largest absolute Gasteiger partial charge is 0.399 e. The summed E-state index contributed by atoms with van der Waals surface area (Å²) in [5.74, 6) is -1.19. The van der Waals surface area contributed by atoms with Gasteiger partial charge in [-0.1, -0.05) is 12.1 Å². The van der Waals surface area contributed by atoms with Crippen LogP contribution in [0.3, 0.4) is 0 Å². The number of likely N-dealkylation sites (tertiary alicyclic amines) is 1. The monoisotopic (exact) mass is 258 g/mol. The molecule has 2 nitrogen and oxygen atoms in total.